The highest BCUT2D eigenvalue weighted by Gasteiger charge is 2.24. The number of benzene rings is 1. The van der Waals surface area contributed by atoms with Crippen molar-refractivity contribution < 1.29 is 0 Å². The van der Waals surface area contributed by atoms with Crippen molar-refractivity contribution in [1.82, 2.24) is 10.2 Å². The highest BCUT2D eigenvalue weighted by atomic mass is 15.2. The van der Waals surface area contributed by atoms with Gasteiger partial charge in [0, 0.05) is 19.1 Å². The molecule has 1 N–H and O–H groups in total. The average Bonchev–Trinajstić information content (AvgIpc) is 2.38. The fraction of sp³-hybridized carbons (Fsp3) is 0.625. The minimum Gasteiger partial charge on any atom is -0.311 e. The third-order valence-corrected chi connectivity index (χ3v) is 3.78. The molecule has 0 aromatic heterocycles. The van der Waals surface area contributed by atoms with E-state index in [2.05, 4.69) is 49.2 Å². The molecule has 0 radical (unpaired) electrons. The number of hydrogen-bond acceptors (Lipinski definition) is 2. The Morgan fingerprint density at radius 3 is 2.61 bits per heavy atom. The summed E-state index contributed by atoms with van der Waals surface area (Å²) in [5.74, 6) is 0. The minimum absolute atomic E-state index is 0.563. The van der Waals surface area contributed by atoms with E-state index in [0.29, 0.717) is 6.04 Å². The predicted octanol–water partition coefficient (Wildman–Crippen LogP) is 3.26. The van der Waals surface area contributed by atoms with Gasteiger partial charge >= 0.3 is 0 Å². The van der Waals surface area contributed by atoms with Crippen molar-refractivity contribution in [3.63, 3.8) is 0 Å². The molecule has 1 heterocycles. The van der Waals surface area contributed by atoms with Crippen LogP contribution in [0.15, 0.2) is 18.2 Å². The lowest BCUT2D eigenvalue weighted by Crippen LogP contribution is -2.40. The van der Waals surface area contributed by atoms with E-state index in [1.54, 1.807) is 5.56 Å². The SMILES string of the molecule is CCCN(CCC)[C@H]1CNCc2ccc(C)cc21. The molecule has 0 spiro atoms. The van der Waals surface area contributed by atoms with E-state index >= 15 is 0 Å². The molecule has 1 aliphatic heterocycles. The second-order valence-electron chi connectivity index (χ2n) is 5.38. The largest absolute Gasteiger partial charge is 0.311 e. The lowest BCUT2D eigenvalue weighted by Gasteiger charge is -2.36. The van der Waals surface area contributed by atoms with Crippen LogP contribution in [0.5, 0.6) is 0 Å². The molecule has 2 nitrogen and oxygen atoms in total. The van der Waals surface area contributed by atoms with Crippen LogP contribution in [-0.2, 0) is 6.54 Å². The third kappa shape index (κ3) is 2.93. The number of hydrogen-bond donors (Lipinski definition) is 1. The van der Waals surface area contributed by atoms with E-state index in [9.17, 15) is 0 Å². The Bertz CT molecular complexity index is 381. The first-order valence-corrected chi connectivity index (χ1v) is 7.30. The molecule has 18 heavy (non-hydrogen) atoms. The Morgan fingerprint density at radius 1 is 1.22 bits per heavy atom. The molecule has 1 aromatic carbocycles. The zero-order valence-electron chi connectivity index (χ0n) is 12.0. The van der Waals surface area contributed by atoms with Crippen molar-refractivity contribution in [2.75, 3.05) is 19.6 Å². The van der Waals surface area contributed by atoms with Crippen LogP contribution in [0.25, 0.3) is 0 Å². The van der Waals surface area contributed by atoms with Crippen molar-refractivity contribution in [3.05, 3.63) is 34.9 Å². The van der Waals surface area contributed by atoms with Gasteiger partial charge in [0.1, 0.15) is 0 Å². The maximum Gasteiger partial charge on any atom is 0.0476 e. The fourth-order valence-corrected chi connectivity index (χ4v) is 2.96. The van der Waals surface area contributed by atoms with Crippen LogP contribution in [0.2, 0.25) is 0 Å². The number of rotatable bonds is 5. The first kappa shape index (κ1) is 13.6. The van der Waals surface area contributed by atoms with Crippen LogP contribution in [0.1, 0.15) is 49.4 Å². The van der Waals surface area contributed by atoms with E-state index < -0.39 is 0 Å². The molecule has 0 bridgehead atoms. The normalized spacial score (nSPS) is 19.0. The zero-order chi connectivity index (χ0) is 13.0. The molecule has 0 aliphatic carbocycles. The smallest absolute Gasteiger partial charge is 0.0476 e. The lowest BCUT2D eigenvalue weighted by molar-refractivity contribution is 0.185. The molecule has 1 aromatic rings. The molecular weight excluding hydrogens is 220 g/mol. The Morgan fingerprint density at radius 2 is 1.94 bits per heavy atom. The van der Waals surface area contributed by atoms with Crippen molar-refractivity contribution in [2.45, 2.75) is 46.2 Å². The van der Waals surface area contributed by atoms with Crippen LogP contribution in [-0.4, -0.2) is 24.5 Å². The number of fused-ring (bicyclic) bond motifs is 1. The number of nitrogens with one attached hydrogen (secondary N) is 1. The lowest BCUT2D eigenvalue weighted by atomic mass is 9.93. The summed E-state index contributed by atoms with van der Waals surface area (Å²) in [5.41, 5.74) is 4.42. The van der Waals surface area contributed by atoms with Gasteiger partial charge in [-0.2, -0.15) is 0 Å². The van der Waals surface area contributed by atoms with Gasteiger partial charge in [-0.1, -0.05) is 37.6 Å². The highest BCUT2D eigenvalue weighted by molar-refractivity contribution is 5.35. The summed E-state index contributed by atoms with van der Waals surface area (Å²) in [6.07, 6.45) is 2.47. The first-order chi connectivity index (χ1) is 8.76. The van der Waals surface area contributed by atoms with E-state index in [1.165, 1.54) is 37.1 Å². The van der Waals surface area contributed by atoms with Gasteiger partial charge in [-0.15, -0.1) is 0 Å². The van der Waals surface area contributed by atoms with Crippen molar-refractivity contribution >= 4 is 0 Å². The quantitative estimate of drug-likeness (QED) is 0.858. The van der Waals surface area contributed by atoms with E-state index in [4.69, 9.17) is 0 Å². The second-order valence-corrected chi connectivity index (χ2v) is 5.38. The molecule has 0 unspecified atom stereocenters. The molecule has 0 saturated heterocycles. The van der Waals surface area contributed by atoms with E-state index in [1.807, 2.05) is 0 Å². The van der Waals surface area contributed by atoms with Crippen molar-refractivity contribution in [2.24, 2.45) is 0 Å². The standard InChI is InChI=1S/C16H26N2/c1-4-8-18(9-5-2)16-12-17-11-14-7-6-13(3)10-15(14)16/h6-7,10,16-17H,4-5,8-9,11-12H2,1-3H3/t16-/m0/s1. The van der Waals surface area contributed by atoms with Crippen molar-refractivity contribution in [1.29, 1.82) is 0 Å². The third-order valence-electron chi connectivity index (χ3n) is 3.78. The predicted molar refractivity (Wildman–Crippen MR) is 77.8 cm³/mol. The monoisotopic (exact) mass is 246 g/mol. The number of aryl methyl sites for hydroxylation is 1. The maximum absolute atomic E-state index is 3.57. The van der Waals surface area contributed by atoms with Crippen LogP contribution in [0.3, 0.4) is 0 Å². The van der Waals surface area contributed by atoms with Gasteiger partial charge in [0.05, 0.1) is 0 Å². The molecular formula is C16H26N2. The topological polar surface area (TPSA) is 15.3 Å². The Kier molecular flexibility index (Phi) is 4.79. The zero-order valence-corrected chi connectivity index (χ0v) is 12.0. The van der Waals surface area contributed by atoms with Gasteiger partial charge < -0.3 is 5.32 Å². The van der Waals surface area contributed by atoms with Gasteiger partial charge in [0.15, 0.2) is 0 Å². The first-order valence-electron chi connectivity index (χ1n) is 7.30. The minimum atomic E-state index is 0.563. The van der Waals surface area contributed by atoms with Crippen molar-refractivity contribution in [3.8, 4) is 0 Å². The van der Waals surface area contributed by atoms with E-state index in [0.717, 1.165) is 13.1 Å². The molecule has 100 valence electrons. The summed E-state index contributed by atoms with van der Waals surface area (Å²) >= 11 is 0. The van der Waals surface area contributed by atoms with Gasteiger partial charge in [0.25, 0.3) is 0 Å². The maximum atomic E-state index is 3.57. The molecule has 0 saturated carbocycles. The van der Waals surface area contributed by atoms with Crippen LogP contribution in [0, 0.1) is 6.92 Å². The fourth-order valence-electron chi connectivity index (χ4n) is 2.96. The Hall–Kier alpha value is -0.860. The summed E-state index contributed by atoms with van der Waals surface area (Å²) in [6, 6.07) is 7.47. The molecule has 2 heteroatoms. The van der Waals surface area contributed by atoms with Gasteiger partial charge in [-0.05, 0) is 44.0 Å². The Labute approximate surface area is 111 Å². The van der Waals surface area contributed by atoms with Crippen LogP contribution in [0.4, 0.5) is 0 Å². The summed E-state index contributed by atoms with van der Waals surface area (Å²) in [4.78, 5) is 2.64. The summed E-state index contributed by atoms with van der Waals surface area (Å²) in [7, 11) is 0. The van der Waals surface area contributed by atoms with Crippen LogP contribution < -0.4 is 5.32 Å². The number of nitrogens with zero attached hydrogens (tertiary/aromatic N) is 1. The average molecular weight is 246 g/mol. The Balaban J connectivity index is 2.26. The van der Waals surface area contributed by atoms with Crippen LogP contribution >= 0.6 is 0 Å². The molecule has 1 aliphatic rings. The molecule has 2 rings (SSSR count). The molecule has 0 fully saturated rings. The molecule has 1 atom stereocenters. The second kappa shape index (κ2) is 6.35. The van der Waals surface area contributed by atoms with Gasteiger partial charge in [-0.25, -0.2) is 0 Å². The van der Waals surface area contributed by atoms with E-state index in [-0.39, 0.29) is 0 Å². The summed E-state index contributed by atoms with van der Waals surface area (Å²) in [5, 5.41) is 3.57. The van der Waals surface area contributed by atoms with Gasteiger partial charge in [-0.3, -0.25) is 4.90 Å². The van der Waals surface area contributed by atoms with Gasteiger partial charge in [0.2, 0.25) is 0 Å². The summed E-state index contributed by atoms with van der Waals surface area (Å²) < 4.78 is 0. The summed E-state index contributed by atoms with van der Waals surface area (Å²) in [6.45, 7) is 11.3. The highest BCUT2D eigenvalue weighted by Crippen LogP contribution is 2.28. The molecule has 0 amide bonds.